The average Bonchev–Trinajstić information content (AvgIpc) is 2.65. The van der Waals surface area contributed by atoms with Gasteiger partial charge in [0.25, 0.3) is 0 Å². The van der Waals surface area contributed by atoms with E-state index in [4.69, 9.17) is 14.2 Å². The summed E-state index contributed by atoms with van der Waals surface area (Å²) in [7, 11) is 4.47. The van der Waals surface area contributed by atoms with E-state index in [9.17, 15) is 9.90 Å². The molecule has 0 bridgehead atoms. The van der Waals surface area contributed by atoms with E-state index < -0.39 is 5.97 Å². The van der Waals surface area contributed by atoms with Crippen molar-refractivity contribution in [2.45, 2.75) is 13.3 Å². The van der Waals surface area contributed by atoms with Gasteiger partial charge in [-0.2, -0.15) is 0 Å². The second kappa shape index (κ2) is 8.24. The third kappa shape index (κ3) is 3.94. The van der Waals surface area contributed by atoms with Crippen molar-refractivity contribution >= 4 is 17.6 Å². The van der Waals surface area contributed by atoms with Gasteiger partial charge in [0, 0.05) is 5.56 Å². The van der Waals surface area contributed by atoms with Crippen molar-refractivity contribution in [2.75, 3.05) is 21.3 Å². The van der Waals surface area contributed by atoms with Crippen molar-refractivity contribution in [3.8, 4) is 17.2 Å². The normalized spacial score (nSPS) is 11.1. The highest BCUT2D eigenvalue weighted by molar-refractivity contribution is 6.21. The molecule has 0 aliphatic carbocycles. The number of carbonyl (C=O) groups is 1. The molecule has 0 heterocycles. The first-order valence-corrected chi connectivity index (χ1v) is 7.88. The monoisotopic (exact) mass is 342 g/mol. The third-order valence-electron chi connectivity index (χ3n) is 3.92. The Morgan fingerprint density at radius 3 is 2.08 bits per heavy atom. The molecule has 5 heteroatoms. The molecule has 0 aliphatic rings. The number of hydrogen-bond acceptors (Lipinski definition) is 4. The molecule has 1 N–H and O–H groups in total. The van der Waals surface area contributed by atoms with Gasteiger partial charge in [0.05, 0.1) is 26.9 Å². The van der Waals surface area contributed by atoms with Crippen molar-refractivity contribution in [3.05, 3.63) is 53.1 Å². The van der Waals surface area contributed by atoms with Gasteiger partial charge in [-0.1, -0.05) is 31.2 Å². The van der Waals surface area contributed by atoms with Crippen molar-refractivity contribution in [1.29, 1.82) is 0 Å². The molecule has 0 amide bonds. The maximum atomic E-state index is 11.9. The summed E-state index contributed by atoms with van der Waals surface area (Å²) >= 11 is 0. The highest BCUT2D eigenvalue weighted by Gasteiger charge is 2.22. The number of rotatable bonds is 7. The summed E-state index contributed by atoms with van der Waals surface area (Å²) in [6, 6.07) is 11.1. The summed E-state index contributed by atoms with van der Waals surface area (Å²) in [5.41, 5.74) is 2.53. The van der Waals surface area contributed by atoms with Crippen LogP contribution in [0.15, 0.2) is 36.4 Å². The van der Waals surface area contributed by atoms with Crippen molar-refractivity contribution in [3.63, 3.8) is 0 Å². The largest absolute Gasteiger partial charge is 0.493 e. The van der Waals surface area contributed by atoms with E-state index in [0.717, 1.165) is 12.0 Å². The molecule has 0 radical (unpaired) electrons. The van der Waals surface area contributed by atoms with Crippen LogP contribution < -0.4 is 14.2 Å². The van der Waals surface area contributed by atoms with E-state index in [1.807, 2.05) is 24.3 Å². The summed E-state index contributed by atoms with van der Waals surface area (Å²) in [4.78, 5) is 11.9. The molecule has 0 saturated carbocycles. The van der Waals surface area contributed by atoms with Crippen LogP contribution in [-0.2, 0) is 11.2 Å². The molecule has 0 fully saturated rings. The molecule has 2 aromatic carbocycles. The lowest BCUT2D eigenvalue weighted by molar-refractivity contribution is -0.130. The van der Waals surface area contributed by atoms with Gasteiger partial charge in [0.15, 0.2) is 11.5 Å². The summed E-state index contributed by atoms with van der Waals surface area (Å²) in [6.07, 6.45) is 2.55. The average molecular weight is 342 g/mol. The van der Waals surface area contributed by atoms with Crippen LogP contribution in [0.5, 0.6) is 17.2 Å². The van der Waals surface area contributed by atoms with Gasteiger partial charge >= 0.3 is 5.97 Å². The Labute approximate surface area is 147 Å². The number of ether oxygens (including phenoxy) is 3. The van der Waals surface area contributed by atoms with Crippen LogP contribution in [0, 0.1) is 0 Å². The van der Waals surface area contributed by atoms with Crippen LogP contribution in [0.25, 0.3) is 11.6 Å². The Morgan fingerprint density at radius 2 is 1.60 bits per heavy atom. The third-order valence-corrected chi connectivity index (χ3v) is 3.92. The molecule has 0 spiro atoms. The number of aryl methyl sites for hydroxylation is 1. The standard InChI is InChI=1S/C20H22O5/c1-5-13-6-8-14(9-7-13)12-16(20(21)22)15-10-11-17(23-2)19(25-4)18(15)24-3/h6-12H,5H2,1-4H3,(H,21,22)/b16-12-. The lowest BCUT2D eigenvalue weighted by Gasteiger charge is -2.16. The minimum absolute atomic E-state index is 0.113. The van der Waals surface area contributed by atoms with Gasteiger partial charge in [0.1, 0.15) is 0 Å². The molecular formula is C20H22O5. The minimum Gasteiger partial charge on any atom is -0.493 e. The molecule has 2 aromatic rings. The first-order chi connectivity index (χ1) is 12.0. The number of aliphatic carboxylic acids is 1. The van der Waals surface area contributed by atoms with E-state index in [1.54, 1.807) is 18.2 Å². The molecule has 0 aliphatic heterocycles. The van der Waals surface area contributed by atoms with Gasteiger partial charge in [-0.3, -0.25) is 0 Å². The van der Waals surface area contributed by atoms with Crippen LogP contribution in [-0.4, -0.2) is 32.4 Å². The molecule has 0 atom stereocenters. The first kappa shape index (κ1) is 18.4. The predicted molar refractivity (Wildman–Crippen MR) is 97.4 cm³/mol. The Hall–Kier alpha value is -2.95. The summed E-state index contributed by atoms with van der Waals surface area (Å²) in [5.74, 6) is 0.0990. The van der Waals surface area contributed by atoms with E-state index in [-0.39, 0.29) is 5.57 Å². The second-order valence-corrected chi connectivity index (χ2v) is 5.34. The highest BCUT2D eigenvalue weighted by atomic mass is 16.5. The number of carboxylic acids is 1. The van der Waals surface area contributed by atoms with Gasteiger partial charge in [0.2, 0.25) is 5.75 Å². The summed E-state index contributed by atoms with van der Waals surface area (Å²) in [6.45, 7) is 2.07. The Balaban J connectivity index is 2.60. The van der Waals surface area contributed by atoms with Crippen LogP contribution in [0.3, 0.4) is 0 Å². The quantitative estimate of drug-likeness (QED) is 0.611. The van der Waals surface area contributed by atoms with Crippen LogP contribution in [0.1, 0.15) is 23.6 Å². The maximum absolute atomic E-state index is 11.9. The van der Waals surface area contributed by atoms with Gasteiger partial charge in [-0.05, 0) is 35.8 Å². The molecule has 2 rings (SSSR count). The number of methoxy groups -OCH3 is 3. The number of carboxylic acid groups (broad SMARTS) is 1. The lowest BCUT2D eigenvalue weighted by Crippen LogP contribution is -2.04. The fourth-order valence-corrected chi connectivity index (χ4v) is 2.58. The molecule has 132 valence electrons. The predicted octanol–water partition coefficient (Wildman–Crippen LogP) is 3.90. The van der Waals surface area contributed by atoms with E-state index >= 15 is 0 Å². The Morgan fingerprint density at radius 1 is 0.960 bits per heavy atom. The smallest absolute Gasteiger partial charge is 0.336 e. The molecule has 0 aromatic heterocycles. The van der Waals surface area contributed by atoms with E-state index in [0.29, 0.717) is 22.8 Å². The second-order valence-electron chi connectivity index (χ2n) is 5.34. The number of hydrogen-bond donors (Lipinski definition) is 1. The summed E-state index contributed by atoms with van der Waals surface area (Å²) in [5, 5.41) is 9.70. The van der Waals surface area contributed by atoms with Crippen LogP contribution >= 0.6 is 0 Å². The molecule has 0 unspecified atom stereocenters. The number of benzene rings is 2. The lowest BCUT2D eigenvalue weighted by atomic mass is 10.00. The SMILES string of the molecule is CCc1ccc(/C=C(\C(=O)O)c2ccc(OC)c(OC)c2OC)cc1. The van der Waals surface area contributed by atoms with Crippen molar-refractivity contribution in [1.82, 2.24) is 0 Å². The highest BCUT2D eigenvalue weighted by Crippen LogP contribution is 2.42. The zero-order chi connectivity index (χ0) is 18.4. The van der Waals surface area contributed by atoms with Crippen molar-refractivity contribution in [2.24, 2.45) is 0 Å². The van der Waals surface area contributed by atoms with Crippen molar-refractivity contribution < 1.29 is 24.1 Å². The molecule has 5 nitrogen and oxygen atoms in total. The zero-order valence-corrected chi connectivity index (χ0v) is 14.8. The van der Waals surface area contributed by atoms with E-state index in [2.05, 4.69) is 6.92 Å². The minimum atomic E-state index is -1.05. The van der Waals surface area contributed by atoms with Gasteiger partial charge < -0.3 is 19.3 Å². The maximum Gasteiger partial charge on any atom is 0.336 e. The molecule has 25 heavy (non-hydrogen) atoms. The Kier molecular flexibility index (Phi) is 6.06. The Bertz CT molecular complexity index is 775. The topological polar surface area (TPSA) is 65.0 Å². The van der Waals surface area contributed by atoms with Gasteiger partial charge in [-0.25, -0.2) is 4.79 Å². The van der Waals surface area contributed by atoms with Crippen LogP contribution in [0.2, 0.25) is 0 Å². The fraction of sp³-hybridized carbons (Fsp3) is 0.250. The first-order valence-electron chi connectivity index (χ1n) is 7.88. The fourth-order valence-electron chi connectivity index (χ4n) is 2.58. The van der Waals surface area contributed by atoms with E-state index in [1.165, 1.54) is 26.9 Å². The zero-order valence-electron chi connectivity index (χ0n) is 14.8. The van der Waals surface area contributed by atoms with Crippen LogP contribution in [0.4, 0.5) is 0 Å². The summed E-state index contributed by atoms with van der Waals surface area (Å²) < 4.78 is 16.0. The molecule has 0 saturated heterocycles. The molecular weight excluding hydrogens is 320 g/mol. The van der Waals surface area contributed by atoms with Gasteiger partial charge in [-0.15, -0.1) is 0 Å².